The highest BCUT2D eigenvalue weighted by Crippen LogP contribution is 2.21. The van der Waals surface area contributed by atoms with Crippen LogP contribution in [-0.4, -0.2) is 27.7 Å². The van der Waals surface area contributed by atoms with Gasteiger partial charge in [-0.15, -0.1) is 0 Å². The van der Waals surface area contributed by atoms with Crippen molar-refractivity contribution in [1.29, 1.82) is 0 Å². The summed E-state index contributed by atoms with van der Waals surface area (Å²) < 4.78 is 20.3. The molecule has 0 fully saturated rings. The average Bonchev–Trinajstić information content (AvgIpc) is 2.93. The third kappa shape index (κ3) is 3.68. The smallest absolute Gasteiger partial charge is 0.319 e. The van der Waals surface area contributed by atoms with E-state index < -0.39 is 11.8 Å². The van der Waals surface area contributed by atoms with Gasteiger partial charge in [-0.1, -0.05) is 6.07 Å². The van der Waals surface area contributed by atoms with Crippen molar-refractivity contribution in [1.82, 2.24) is 19.9 Å². The van der Waals surface area contributed by atoms with E-state index in [2.05, 4.69) is 20.7 Å². The molecular weight excluding hydrogens is 325 g/mol. The second-order valence-corrected chi connectivity index (χ2v) is 5.59. The van der Waals surface area contributed by atoms with Crippen molar-refractivity contribution in [2.75, 3.05) is 12.4 Å². The number of ether oxygens (including phenoxy) is 1. The normalized spacial score (nSPS) is 12.0. The Morgan fingerprint density at radius 1 is 1.32 bits per heavy atom. The number of methoxy groups -OCH3 is 1. The molecular formula is C17H18FN5O2. The molecule has 0 saturated carbocycles. The fraction of sp³-hybridized carbons (Fsp3) is 0.235. The minimum absolute atomic E-state index is 0.164. The average molecular weight is 343 g/mol. The van der Waals surface area contributed by atoms with Crippen LogP contribution in [0.25, 0.3) is 5.65 Å². The predicted octanol–water partition coefficient (Wildman–Crippen LogP) is 3.07. The van der Waals surface area contributed by atoms with Gasteiger partial charge >= 0.3 is 6.03 Å². The number of pyridine rings is 1. The van der Waals surface area contributed by atoms with Crippen molar-refractivity contribution in [2.24, 2.45) is 0 Å². The van der Waals surface area contributed by atoms with Gasteiger partial charge in [0.05, 0.1) is 25.0 Å². The van der Waals surface area contributed by atoms with E-state index in [0.29, 0.717) is 22.7 Å². The van der Waals surface area contributed by atoms with Crippen molar-refractivity contribution in [3.63, 3.8) is 0 Å². The van der Waals surface area contributed by atoms with Gasteiger partial charge in [-0.3, -0.25) is 0 Å². The summed E-state index contributed by atoms with van der Waals surface area (Å²) in [5.41, 5.74) is 1.91. The van der Waals surface area contributed by atoms with Crippen molar-refractivity contribution < 1.29 is 13.9 Å². The minimum atomic E-state index is -0.471. The number of amides is 2. The molecule has 7 nitrogen and oxygen atoms in total. The molecule has 2 aromatic heterocycles. The number of carbonyl (C=O) groups excluding carboxylic acids is 1. The minimum Gasteiger partial charge on any atom is -0.494 e. The highest BCUT2D eigenvalue weighted by Gasteiger charge is 2.13. The summed E-state index contributed by atoms with van der Waals surface area (Å²) in [6, 6.07) is 7.29. The zero-order valence-corrected chi connectivity index (χ0v) is 14.1. The van der Waals surface area contributed by atoms with E-state index in [1.807, 2.05) is 0 Å². The topological polar surface area (TPSA) is 80.5 Å². The van der Waals surface area contributed by atoms with E-state index in [1.54, 1.807) is 42.8 Å². The Bertz CT molecular complexity index is 925. The lowest BCUT2D eigenvalue weighted by molar-refractivity contribution is 0.249. The Balaban J connectivity index is 1.67. The Labute approximate surface area is 143 Å². The van der Waals surface area contributed by atoms with E-state index in [4.69, 9.17) is 4.74 Å². The number of aromatic nitrogens is 3. The summed E-state index contributed by atoms with van der Waals surface area (Å²) in [6.45, 7) is 3.56. The number of urea groups is 1. The van der Waals surface area contributed by atoms with Crippen LogP contribution >= 0.6 is 0 Å². The summed E-state index contributed by atoms with van der Waals surface area (Å²) in [6.07, 6.45) is 1.67. The Kier molecular flexibility index (Phi) is 4.51. The Morgan fingerprint density at radius 2 is 2.12 bits per heavy atom. The molecule has 1 aromatic carbocycles. The van der Waals surface area contributed by atoms with Crippen molar-refractivity contribution >= 4 is 17.4 Å². The highest BCUT2D eigenvalue weighted by molar-refractivity contribution is 5.89. The van der Waals surface area contributed by atoms with Gasteiger partial charge in [-0.05, 0) is 43.7 Å². The van der Waals surface area contributed by atoms with Crippen molar-refractivity contribution in [3.05, 3.63) is 53.7 Å². The number of rotatable bonds is 4. The van der Waals surface area contributed by atoms with Gasteiger partial charge in [0, 0.05) is 0 Å². The number of nitrogens with one attached hydrogen (secondary N) is 2. The van der Waals surface area contributed by atoms with Gasteiger partial charge < -0.3 is 15.4 Å². The number of benzene rings is 1. The highest BCUT2D eigenvalue weighted by atomic mass is 19.1. The monoisotopic (exact) mass is 343 g/mol. The molecule has 2 N–H and O–H groups in total. The zero-order valence-electron chi connectivity index (χ0n) is 14.1. The van der Waals surface area contributed by atoms with E-state index >= 15 is 0 Å². The molecule has 3 aromatic rings. The second-order valence-electron chi connectivity index (χ2n) is 5.59. The lowest BCUT2D eigenvalue weighted by Crippen LogP contribution is -2.31. The first-order chi connectivity index (χ1) is 12.0. The van der Waals surface area contributed by atoms with Gasteiger partial charge in [-0.2, -0.15) is 5.10 Å². The van der Waals surface area contributed by atoms with Gasteiger partial charge in [0.15, 0.2) is 17.2 Å². The molecule has 0 aliphatic rings. The Hall–Kier alpha value is -3.16. The van der Waals surface area contributed by atoms with Crippen LogP contribution in [0.3, 0.4) is 0 Å². The molecule has 2 amide bonds. The molecule has 0 unspecified atom stereocenters. The molecule has 0 aliphatic carbocycles. The molecule has 1 atom stereocenters. The van der Waals surface area contributed by atoms with E-state index in [0.717, 1.165) is 0 Å². The van der Waals surface area contributed by atoms with Crippen molar-refractivity contribution in [2.45, 2.75) is 19.9 Å². The second kappa shape index (κ2) is 6.76. The van der Waals surface area contributed by atoms with Gasteiger partial charge in [0.2, 0.25) is 0 Å². The molecule has 0 aliphatic heterocycles. The summed E-state index contributed by atoms with van der Waals surface area (Å²) >= 11 is 0. The maximum atomic E-state index is 13.8. The summed E-state index contributed by atoms with van der Waals surface area (Å²) in [7, 11) is 1.40. The predicted molar refractivity (Wildman–Crippen MR) is 91.2 cm³/mol. The number of fused-ring (bicyclic) bond motifs is 1. The van der Waals surface area contributed by atoms with Crippen LogP contribution in [0.2, 0.25) is 0 Å². The first-order valence-corrected chi connectivity index (χ1v) is 7.70. The van der Waals surface area contributed by atoms with Gasteiger partial charge in [-0.25, -0.2) is 18.7 Å². The van der Waals surface area contributed by atoms with Crippen LogP contribution in [0.1, 0.15) is 24.4 Å². The number of hydrogen-bond donors (Lipinski definition) is 2. The van der Waals surface area contributed by atoms with Gasteiger partial charge in [0.1, 0.15) is 5.82 Å². The molecule has 0 bridgehead atoms. The number of carbonyl (C=O) groups is 1. The van der Waals surface area contributed by atoms with Gasteiger partial charge in [0.25, 0.3) is 0 Å². The summed E-state index contributed by atoms with van der Waals surface area (Å²) in [5.74, 6) is 0.342. The number of aryl methyl sites for hydroxylation is 1. The van der Waals surface area contributed by atoms with Crippen LogP contribution in [0.5, 0.6) is 5.75 Å². The number of anilines is 1. The molecule has 0 radical (unpaired) electrons. The third-order valence-electron chi connectivity index (χ3n) is 3.72. The number of halogens is 1. The summed E-state index contributed by atoms with van der Waals surface area (Å²) in [4.78, 5) is 16.4. The van der Waals surface area contributed by atoms with Crippen LogP contribution in [0.15, 0.2) is 36.5 Å². The summed E-state index contributed by atoms with van der Waals surface area (Å²) in [5, 5.41) is 9.68. The largest absolute Gasteiger partial charge is 0.494 e. The van der Waals surface area contributed by atoms with Crippen LogP contribution < -0.4 is 15.4 Å². The van der Waals surface area contributed by atoms with Crippen molar-refractivity contribution in [3.8, 4) is 5.75 Å². The molecule has 0 saturated heterocycles. The van der Waals surface area contributed by atoms with Crippen LogP contribution in [0.4, 0.5) is 14.9 Å². The number of hydrogen-bond acceptors (Lipinski definition) is 4. The number of nitrogens with zero attached hydrogens (tertiary/aromatic N) is 3. The fourth-order valence-corrected chi connectivity index (χ4v) is 2.47. The molecule has 130 valence electrons. The maximum absolute atomic E-state index is 13.8. The lowest BCUT2D eigenvalue weighted by atomic mass is 10.1. The molecule has 25 heavy (non-hydrogen) atoms. The Morgan fingerprint density at radius 3 is 2.84 bits per heavy atom. The standard InChI is InChI=1S/C17H18FN5O2/c1-10(12-4-6-15(25-3)14(18)8-12)19-17(24)21-13-5-7-16-20-11(2)22-23(16)9-13/h4-10H,1-3H3,(H2,19,21,24)/t10-/m0/s1. The van der Waals surface area contributed by atoms with E-state index in [9.17, 15) is 9.18 Å². The maximum Gasteiger partial charge on any atom is 0.319 e. The fourth-order valence-electron chi connectivity index (χ4n) is 2.47. The quantitative estimate of drug-likeness (QED) is 0.763. The molecule has 0 spiro atoms. The van der Waals surface area contributed by atoms with E-state index in [-0.39, 0.29) is 11.8 Å². The van der Waals surface area contributed by atoms with Crippen LogP contribution in [-0.2, 0) is 0 Å². The zero-order chi connectivity index (χ0) is 18.0. The first-order valence-electron chi connectivity index (χ1n) is 7.70. The molecule has 3 rings (SSSR count). The lowest BCUT2D eigenvalue weighted by Gasteiger charge is -2.16. The third-order valence-corrected chi connectivity index (χ3v) is 3.72. The van der Waals surface area contributed by atoms with E-state index in [1.165, 1.54) is 19.2 Å². The molecule has 2 heterocycles. The van der Waals surface area contributed by atoms with Crippen LogP contribution in [0, 0.1) is 12.7 Å². The first kappa shape index (κ1) is 16.7. The molecule has 8 heteroatoms. The SMILES string of the molecule is COc1ccc([C@H](C)NC(=O)Nc2ccc3nc(C)nn3c2)cc1F.